The van der Waals surface area contributed by atoms with Crippen molar-refractivity contribution in [3.8, 4) is 0 Å². The van der Waals surface area contributed by atoms with Gasteiger partial charge in [-0.2, -0.15) is 5.10 Å². The highest BCUT2D eigenvalue weighted by Gasteiger charge is 1.98. The van der Waals surface area contributed by atoms with Gasteiger partial charge in [0.25, 0.3) is 0 Å². The van der Waals surface area contributed by atoms with E-state index in [0.29, 0.717) is 25.2 Å². The number of aromatic nitrogens is 2. The summed E-state index contributed by atoms with van der Waals surface area (Å²) in [6.45, 7) is 0.493. The molecule has 0 unspecified atom stereocenters. The number of carbonyl (C=O) groups is 2. The summed E-state index contributed by atoms with van der Waals surface area (Å²) < 4.78 is 1.56. The number of rotatable bonds is 5. The molecule has 0 bridgehead atoms. The summed E-state index contributed by atoms with van der Waals surface area (Å²) in [6.07, 6.45) is 3.35. The number of nitrogens with zero attached hydrogens (tertiary/aromatic N) is 2. The second kappa shape index (κ2) is 4.27. The number of carbonyl (C=O) groups excluding carboxylic acids is 2. The number of hydrogen-bond donors (Lipinski definition) is 1. The minimum Gasteiger partial charge on any atom is -0.314 e. The number of aldehydes is 1. The first-order chi connectivity index (χ1) is 5.88. The fraction of sp³-hybridized carbons (Fsp3) is 0.286. The first kappa shape index (κ1) is 8.45. The zero-order chi connectivity index (χ0) is 8.81. The van der Waals surface area contributed by atoms with Gasteiger partial charge in [-0.15, -0.1) is 0 Å². The maximum Gasteiger partial charge on any atom is 0.212 e. The van der Waals surface area contributed by atoms with E-state index in [0.717, 1.165) is 6.29 Å². The summed E-state index contributed by atoms with van der Waals surface area (Å²) in [6, 6.07) is 1.67. The largest absolute Gasteiger partial charge is 0.314 e. The molecule has 1 aromatic heterocycles. The van der Waals surface area contributed by atoms with E-state index in [4.69, 9.17) is 0 Å². The van der Waals surface area contributed by atoms with Crippen LogP contribution in [0.5, 0.6) is 0 Å². The predicted molar refractivity (Wildman–Crippen MR) is 42.6 cm³/mol. The molecular weight excluding hydrogens is 158 g/mol. The van der Waals surface area contributed by atoms with Gasteiger partial charge < -0.3 is 10.1 Å². The molecule has 1 aromatic rings. The lowest BCUT2D eigenvalue weighted by atomic mass is 10.5. The van der Waals surface area contributed by atoms with Crippen LogP contribution in [0.1, 0.15) is 6.42 Å². The van der Waals surface area contributed by atoms with E-state index in [1.807, 2.05) is 0 Å². The van der Waals surface area contributed by atoms with E-state index in [2.05, 4.69) is 10.4 Å². The van der Waals surface area contributed by atoms with Gasteiger partial charge >= 0.3 is 0 Å². The summed E-state index contributed by atoms with van der Waals surface area (Å²) >= 11 is 0. The predicted octanol–water partition coefficient (Wildman–Crippen LogP) is 0.0404. The molecule has 0 radical (unpaired) electrons. The molecule has 0 saturated carbocycles. The molecule has 1 amide bonds. The number of nitrogens with one attached hydrogen (secondary N) is 1. The summed E-state index contributed by atoms with van der Waals surface area (Å²) in [7, 11) is 0. The molecule has 64 valence electrons. The Balaban J connectivity index is 2.62. The number of anilines is 1. The molecule has 12 heavy (non-hydrogen) atoms. The number of aryl methyl sites for hydroxylation is 1. The lowest BCUT2D eigenvalue weighted by molar-refractivity contribution is -0.108. The monoisotopic (exact) mass is 167 g/mol. The quantitative estimate of drug-likeness (QED) is 0.630. The van der Waals surface area contributed by atoms with Crippen molar-refractivity contribution in [1.82, 2.24) is 9.78 Å². The molecule has 0 saturated heterocycles. The Morgan fingerprint density at radius 2 is 2.42 bits per heavy atom. The molecule has 0 aliphatic rings. The Morgan fingerprint density at radius 3 is 3.08 bits per heavy atom. The average molecular weight is 167 g/mol. The van der Waals surface area contributed by atoms with E-state index in [9.17, 15) is 9.59 Å². The van der Waals surface area contributed by atoms with Crippen LogP contribution in [-0.4, -0.2) is 22.5 Å². The molecule has 0 spiro atoms. The van der Waals surface area contributed by atoms with Crippen LogP contribution in [0.4, 0.5) is 5.82 Å². The van der Waals surface area contributed by atoms with Gasteiger partial charge in [0, 0.05) is 19.0 Å². The molecule has 0 fully saturated rings. The van der Waals surface area contributed by atoms with Crippen LogP contribution in [0.15, 0.2) is 12.3 Å². The Labute approximate surface area is 69.4 Å². The molecule has 0 aliphatic heterocycles. The summed E-state index contributed by atoms with van der Waals surface area (Å²) in [5, 5.41) is 6.38. The third-order valence-corrected chi connectivity index (χ3v) is 1.38. The van der Waals surface area contributed by atoms with Crippen LogP contribution >= 0.6 is 0 Å². The minimum absolute atomic E-state index is 0.398. The maximum absolute atomic E-state index is 10.1. The average Bonchev–Trinajstić information content (AvgIpc) is 2.50. The molecule has 0 aliphatic carbocycles. The fourth-order valence-electron chi connectivity index (χ4n) is 0.869. The third kappa shape index (κ3) is 1.91. The lowest BCUT2D eigenvalue weighted by Crippen LogP contribution is -2.06. The lowest BCUT2D eigenvalue weighted by Gasteiger charge is -2.02. The van der Waals surface area contributed by atoms with Gasteiger partial charge in [0.05, 0.1) is 6.20 Å². The molecule has 1 N–H and O–H groups in total. The smallest absolute Gasteiger partial charge is 0.212 e. The molecule has 1 heterocycles. The van der Waals surface area contributed by atoms with Crippen molar-refractivity contribution in [3.05, 3.63) is 12.3 Å². The van der Waals surface area contributed by atoms with E-state index in [-0.39, 0.29) is 0 Å². The topological polar surface area (TPSA) is 64.0 Å². The van der Waals surface area contributed by atoms with E-state index in [1.54, 1.807) is 16.9 Å². The fourth-order valence-corrected chi connectivity index (χ4v) is 0.869. The molecular formula is C7H9N3O2. The van der Waals surface area contributed by atoms with E-state index < -0.39 is 0 Å². The van der Waals surface area contributed by atoms with Crippen LogP contribution in [-0.2, 0) is 16.1 Å². The van der Waals surface area contributed by atoms with Crippen molar-refractivity contribution in [1.29, 1.82) is 0 Å². The Hall–Kier alpha value is -1.65. The number of hydrogen-bond acceptors (Lipinski definition) is 3. The summed E-state index contributed by atoms with van der Waals surface area (Å²) in [5.74, 6) is 0.604. The van der Waals surface area contributed by atoms with Crippen molar-refractivity contribution < 1.29 is 9.59 Å². The summed E-state index contributed by atoms with van der Waals surface area (Å²) in [4.78, 5) is 20.1. The Morgan fingerprint density at radius 1 is 1.58 bits per heavy atom. The van der Waals surface area contributed by atoms with Crippen LogP contribution < -0.4 is 5.32 Å². The van der Waals surface area contributed by atoms with Gasteiger partial charge in [-0.25, -0.2) is 4.68 Å². The van der Waals surface area contributed by atoms with Crippen LogP contribution in [0.3, 0.4) is 0 Å². The van der Waals surface area contributed by atoms with E-state index >= 15 is 0 Å². The van der Waals surface area contributed by atoms with Crippen molar-refractivity contribution in [3.63, 3.8) is 0 Å². The van der Waals surface area contributed by atoms with E-state index in [1.165, 1.54) is 0 Å². The summed E-state index contributed by atoms with van der Waals surface area (Å²) in [5.41, 5.74) is 0. The van der Waals surface area contributed by atoms with Crippen LogP contribution in [0, 0.1) is 0 Å². The van der Waals surface area contributed by atoms with Gasteiger partial charge in [-0.3, -0.25) is 4.79 Å². The maximum atomic E-state index is 10.1. The van der Waals surface area contributed by atoms with Crippen LogP contribution in [0.2, 0.25) is 0 Å². The molecule has 0 atom stereocenters. The van der Waals surface area contributed by atoms with Crippen molar-refractivity contribution in [2.24, 2.45) is 0 Å². The normalized spacial score (nSPS) is 9.33. The zero-order valence-electron chi connectivity index (χ0n) is 6.43. The van der Waals surface area contributed by atoms with Crippen LogP contribution in [0.25, 0.3) is 0 Å². The van der Waals surface area contributed by atoms with Crippen molar-refractivity contribution >= 4 is 18.5 Å². The van der Waals surface area contributed by atoms with Gasteiger partial charge in [0.15, 0.2) is 0 Å². The highest BCUT2D eigenvalue weighted by molar-refractivity contribution is 5.68. The second-order valence-corrected chi connectivity index (χ2v) is 2.16. The highest BCUT2D eigenvalue weighted by Crippen LogP contribution is 2.04. The molecule has 5 heteroatoms. The van der Waals surface area contributed by atoms with Crippen molar-refractivity contribution in [2.45, 2.75) is 13.0 Å². The first-order valence-corrected chi connectivity index (χ1v) is 3.54. The molecule has 1 rings (SSSR count). The molecule has 0 aromatic carbocycles. The Kier molecular flexibility index (Phi) is 3.01. The Bertz CT molecular complexity index is 269. The zero-order valence-corrected chi connectivity index (χ0v) is 6.43. The first-order valence-electron chi connectivity index (χ1n) is 3.54. The van der Waals surface area contributed by atoms with Gasteiger partial charge in [-0.1, -0.05) is 0 Å². The third-order valence-electron chi connectivity index (χ3n) is 1.38. The number of amides is 1. The SMILES string of the molecule is O=CCCn1nccc1NC=O. The standard InChI is InChI=1S/C7H9N3O2/c11-5-1-4-10-7(8-6-12)2-3-9-10/h2-3,5-6H,1,4H2,(H,8,12). The minimum atomic E-state index is 0.398. The van der Waals surface area contributed by atoms with Crippen molar-refractivity contribution in [2.75, 3.05) is 5.32 Å². The highest BCUT2D eigenvalue weighted by atomic mass is 16.1. The van der Waals surface area contributed by atoms with Gasteiger partial charge in [-0.05, 0) is 0 Å². The second-order valence-electron chi connectivity index (χ2n) is 2.16. The molecule has 5 nitrogen and oxygen atoms in total. The van der Waals surface area contributed by atoms with Gasteiger partial charge in [0.1, 0.15) is 12.1 Å². The van der Waals surface area contributed by atoms with Gasteiger partial charge in [0.2, 0.25) is 6.41 Å².